The molecule has 21 heavy (non-hydrogen) atoms. The number of nitrogens with zero attached hydrogens (tertiary/aromatic N) is 4. The molecule has 0 bridgehead atoms. The minimum Gasteiger partial charge on any atom is -0.336 e. The molecule has 0 aliphatic carbocycles. The number of carbonyl (C=O) groups excluding carboxylic acids is 1. The molecule has 0 N–H and O–H groups in total. The monoisotopic (exact) mass is 320 g/mol. The maximum atomic E-state index is 12.4. The molecule has 0 fully saturated rings. The van der Waals surface area contributed by atoms with Crippen LogP contribution in [0.2, 0.25) is 0 Å². The number of rotatable bonds is 3. The molecule has 3 aromatic heterocycles. The summed E-state index contributed by atoms with van der Waals surface area (Å²) < 4.78 is 1.39. The van der Waals surface area contributed by atoms with Crippen molar-refractivity contribution < 1.29 is 4.79 Å². The first-order valence-electron chi connectivity index (χ1n) is 6.17. The van der Waals surface area contributed by atoms with Crippen LogP contribution in [0.5, 0.6) is 0 Å². The van der Waals surface area contributed by atoms with Crippen LogP contribution in [0.4, 0.5) is 0 Å². The molecule has 108 valence electrons. The summed E-state index contributed by atoms with van der Waals surface area (Å²) >= 11 is 2.89. The number of amides is 1. The summed E-state index contributed by atoms with van der Waals surface area (Å²) in [6.45, 7) is 2.28. The zero-order chi connectivity index (χ0) is 15.0. The predicted molar refractivity (Wildman–Crippen MR) is 82.0 cm³/mol. The molecule has 0 radical (unpaired) electrons. The molecule has 0 unspecified atom stereocenters. The van der Waals surface area contributed by atoms with E-state index < -0.39 is 0 Å². The maximum absolute atomic E-state index is 12.4. The van der Waals surface area contributed by atoms with Gasteiger partial charge in [-0.05, 0) is 6.92 Å². The van der Waals surface area contributed by atoms with Gasteiger partial charge in [0.2, 0.25) is 0 Å². The Morgan fingerprint density at radius 2 is 2.24 bits per heavy atom. The fourth-order valence-electron chi connectivity index (χ4n) is 1.97. The lowest BCUT2D eigenvalue weighted by molar-refractivity contribution is 0.0781. The van der Waals surface area contributed by atoms with Crippen molar-refractivity contribution in [3.63, 3.8) is 0 Å². The van der Waals surface area contributed by atoms with Crippen LogP contribution in [0, 0.1) is 6.92 Å². The van der Waals surface area contributed by atoms with Gasteiger partial charge in [0, 0.05) is 30.2 Å². The first kappa shape index (κ1) is 13.9. The van der Waals surface area contributed by atoms with Crippen molar-refractivity contribution in [3.8, 4) is 0 Å². The molecular formula is C13H12N4O2S2. The Hall–Kier alpha value is -2.06. The Balaban J connectivity index is 1.89. The van der Waals surface area contributed by atoms with Gasteiger partial charge in [0.25, 0.3) is 11.5 Å². The Labute approximate surface area is 128 Å². The summed E-state index contributed by atoms with van der Waals surface area (Å²) in [6.07, 6.45) is 2.97. The van der Waals surface area contributed by atoms with Gasteiger partial charge < -0.3 is 4.90 Å². The normalized spacial score (nSPS) is 11.0. The van der Waals surface area contributed by atoms with Gasteiger partial charge in [-0.15, -0.1) is 22.7 Å². The SMILES string of the molecule is Cc1nc(CN(C)C(=O)c2cnc3sccn3c2=O)cs1. The highest BCUT2D eigenvalue weighted by atomic mass is 32.1. The van der Waals surface area contributed by atoms with Crippen LogP contribution in [-0.4, -0.2) is 32.2 Å². The summed E-state index contributed by atoms with van der Waals surface area (Å²) in [7, 11) is 1.65. The Morgan fingerprint density at radius 1 is 1.43 bits per heavy atom. The zero-order valence-corrected chi connectivity index (χ0v) is 13.1. The second kappa shape index (κ2) is 5.38. The van der Waals surface area contributed by atoms with Crippen molar-refractivity contribution in [1.29, 1.82) is 0 Å². The third-order valence-corrected chi connectivity index (χ3v) is 4.58. The van der Waals surface area contributed by atoms with E-state index in [1.807, 2.05) is 12.3 Å². The van der Waals surface area contributed by atoms with E-state index in [-0.39, 0.29) is 17.0 Å². The first-order valence-corrected chi connectivity index (χ1v) is 7.93. The summed E-state index contributed by atoms with van der Waals surface area (Å²) in [6, 6.07) is 0. The molecule has 0 saturated carbocycles. The van der Waals surface area contributed by atoms with E-state index in [1.54, 1.807) is 18.6 Å². The lowest BCUT2D eigenvalue weighted by Crippen LogP contribution is -2.32. The molecule has 0 aliphatic heterocycles. The van der Waals surface area contributed by atoms with Gasteiger partial charge in [-0.2, -0.15) is 0 Å². The molecule has 3 aromatic rings. The van der Waals surface area contributed by atoms with E-state index in [0.29, 0.717) is 11.5 Å². The molecule has 0 atom stereocenters. The number of fused-ring (bicyclic) bond motifs is 1. The average molecular weight is 320 g/mol. The highest BCUT2D eigenvalue weighted by molar-refractivity contribution is 7.15. The highest BCUT2D eigenvalue weighted by Gasteiger charge is 2.18. The number of hydrogen-bond donors (Lipinski definition) is 0. The molecule has 3 heterocycles. The second-order valence-corrected chi connectivity index (χ2v) is 6.49. The van der Waals surface area contributed by atoms with Crippen LogP contribution in [-0.2, 0) is 6.54 Å². The zero-order valence-electron chi connectivity index (χ0n) is 11.4. The number of carbonyl (C=O) groups is 1. The lowest BCUT2D eigenvalue weighted by atomic mass is 10.3. The summed E-state index contributed by atoms with van der Waals surface area (Å²) in [5.41, 5.74) is 0.547. The summed E-state index contributed by atoms with van der Waals surface area (Å²) in [5.74, 6) is -0.348. The molecule has 8 heteroatoms. The van der Waals surface area contributed by atoms with Crippen LogP contribution in [0.1, 0.15) is 21.1 Å². The lowest BCUT2D eigenvalue weighted by Gasteiger charge is -2.15. The van der Waals surface area contributed by atoms with Gasteiger partial charge in [0.15, 0.2) is 4.96 Å². The summed E-state index contributed by atoms with van der Waals surface area (Å²) in [5, 5.41) is 4.62. The number of hydrogen-bond acceptors (Lipinski definition) is 6. The Bertz CT molecular complexity index is 864. The van der Waals surface area contributed by atoms with Gasteiger partial charge in [-0.1, -0.05) is 0 Å². The van der Waals surface area contributed by atoms with Gasteiger partial charge in [0.1, 0.15) is 5.56 Å². The molecule has 1 amide bonds. The van der Waals surface area contributed by atoms with E-state index in [2.05, 4.69) is 9.97 Å². The minimum atomic E-state index is -0.348. The Morgan fingerprint density at radius 3 is 2.95 bits per heavy atom. The standard InChI is InChI=1S/C13H12N4O2S2/c1-8-15-9(7-21-8)6-16(2)11(18)10-5-14-13-17(12(10)19)3-4-20-13/h3-5,7H,6H2,1-2H3. The van der Waals surface area contributed by atoms with Gasteiger partial charge >= 0.3 is 0 Å². The maximum Gasteiger partial charge on any atom is 0.271 e. The largest absolute Gasteiger partial charge is 0.336 e. The van der Waals surface area contributed by atoms with Crippen LogP contribution in [0.25, 0.3) is 4.96 Å². The fraction of sp³-hybridized carbons (Fsp3) is 0.231. The minimum absolute atomic E-state index is 0.0698. The molecule has 0 saturated heterocycles. The van der Waals surface area contributed by atoms with Crippen molar-refractivity contribution in [1.82, 2.24) is 19.3 Å². The number of thiazole rings is 2. The van der Waals surface area contributed by atoms with E-state index in [9.17, 15) is 9.59 Å². The molecule has 0 aromatic carbocycles. The van der Waals surface area contributed by atoms with Crippen LogP contribution >= 0.6 is 22.7 Å². The van der Waals surface area contributed by atoms with E-state index in [1.165, 1.54) is 38.2 Å². The third-order valence-electron chi connectivity index (χ3n) is 2.99. The quantitative estimate of drug-likeness (QED) is 0.738. The van der Waals surface area contributed by atoms with Gasteiger partial charge in [0.05, 0.1) is 17.2 Å². The van der Waals surface area contributed by atoms with Crippen molar-refractivity contribution in [2.45, 2.75) is 13.5 Å². The molecule has 6 nitrogen and oxygen atoms in total. The third kappa shape index (κ3) is 2.59. The molecule has 3 rings (SSSR count). The average Bonchev–Trinajstić information content (AvgIpc) is 3.08. The number of aromatic nitrogens is 3. The highest BCUT2D eigenvalue weighted by Crippen LogP contribution is 2.11. The smallest absolute Gasteiger partial charge is 0.271 e. The molecular weight excluding hydrogens is 308 g/mol. The topological polar surface area (TPSA) is 67.6 Å². The van der Waals surface area contributed by atoms with Gasteiger partial charge in [-0.3, -0.25) is 14.0 Å². The van der Waals surface area contributed by atoms with E-state index in [0.717, 1.165) is 10.7 Å². The van der Waals surface area contributed by atoms with E-state index >= 15 is 0 Å². The van der Waals surface area contributed by atoms with Crippen molar-refractivity contribution in [2.75, 3.05) is 7.05 Å². The predicted octanol–water partition coefficient (Wildman–Crippen LogP) is 1.79. The van der Waals surface area contributed by atoms with E-state index in [4.69, 9.17) is 0 Å². The number of aryl methyl sites for hydroxylation is 1. The molecule has 0 aliphatic rings. The van der Waals surface area contributed by atoms with Gasteiger partial charge in [-0.25, -0.2) is 9.97 Å². The fourth-order valence-corrected chi connectivity index (χ4v) is 3.25. The first-order chi connectivity index (χ1) is 10.1. The Kier molecular flexibility index (Phi) is 3.56. The van der Waals surface area contributed by atoms with Crippen molar-refractivity contribution in [2.24, 2.45) is 0 Å². The van der Waals surface area contributed by atoms with Crippen LogP contribution < -0.4 is 5.56 Å². The van der Waals surface area contributed by atoms with Crippen molar-refractivity contribution >= 4 is 33.5 Å². The van der Waals surface area contributed by atoms with Crippen molar-refractivity contribution in [3.05, 3.63) is 49.8 Å². The molecule has 0 spiro atoms. The van der Waals surface area contributed by atoms with Crippen LogP contribution in [0.15, 0.2) is 27.9 Å². The van der Waals surface area contributed by atoms with Crippen LogP contribution in [0.3, 0.4) is 0 Å². The second-order valence-electron chi connectivity index (χ2n) is 4.55. The summed E-state index contributed by atoms with van der Waals surface area (Å²) in [4.78, 5) is 35.2.